The minimum Gasteiger partial charge on any atom is -0.497 e. The predicted octanol–water partition coefficient (Wildman–Crippen LogP) is 4.15. The molecular weight excluding hydrogens is 338 g/mol. The van der Waals surface area contributed by atoms with Crippen molar-refractivity contribution < 1.29 is 11.0 Å². The molecule has 3 aromatic rings. The molecule has 5 rings (SSSR count). The Kier molecular flexibility index (Phi) is 3.88. The van der Waals surface area contributed by atoms with Crippen LogP contribution in [0.1, 0.15) is 48.1 Å². The van der Waals surface area contributed by atoms with Crippen molar-refractivity contribution in [1.29, 1.82) is 0 Å². The number of nitrogens with one attached hydrogen (secondary N) is 1. The molecule has 140 valence electrons. The number of hydrogen-bond acceptors (Lipinski definition) is 3. The Hall–Kier alpha value is -2.82. The number of carbonyl (C=O) groups excluding carboxylic acids is 1. The number of aryl methyl sites for hydroxylation is 1. The van der Waals surface area contributed by atoms with Crippen LogP contribution in [0.25, 0.3) is 11.0 Å². The van der Waals surface area contributed by atoms with E-state index in [0.29, 0.717) is 5.92 Å². The third-order valence-electron chi connectivity index (χ3n) is 6.17. The highest BCUT2D eigenvalue weighted by Crippen LogP contribution is 2.42. The number of aromatic amines is 1. The zero-order valence-corrected chi connectivity index (χ0v) is 15.4. The molecule has 27 heavy (non-hydrogen) atoms. The van der Waals surface area contributed by atoms with Gasteiger partial charge in [-0.2, -0.15) is 0 Å². The summed E-state index contributed by atoms with van der Waals surface area (Å²) in [6.07, 6.45) is 5.89. The van der Waals surface area contributed by atoms with Crippen LogP contribution in [0.15, 0.2) is 42.7 Å². The zero-order chi connectivity index (χ0) is 18.4. The van der Waals surface area contributed by atoms with E-state index in [2.05, 4.69) is 27.0 Å². The molecule has 1 aromatic heterocycles. The van der Waals surface area contributed by atoms with Crippen LogP contribution >= 0.6 is 0 Å². The number of hydrogen-bond donors (Lipinski definition) is 1. The average molecular weight is 363 g/mol. The number of imidazole rings is 1. The molecule has 0 saturated carbocycles. The Bertz CT molecular complexity index is 1020. The number of carbonyl (C=O) groups is 1. The summed E-state index contributed by atoms with van der Waals surface area (Å²) in [5, 5.41) is 0. The van der Waals surface area contributed by atoms with Gasteiger partial charge in [0.1, 0.15) is 5.75 Å². The molecule has 1 saturated heterocycles. The van der Waals surface area contributed by atoms with Gasteiger partial charge in [0, 0.05) is 25.5 Å². The summed E-state index contributed by atoms with van der Waals surface area (Å²) in [6.45, 7) is 0.834. The van der Waals surface area contributed by atoms with E-state index in [0.717, 1.165) is 54.6 Å². The summed E-state index contributed by atoms with van der Waals surface area (Å²) < 4.78 is 5.45. The molecule has 2 atom stereocenters. The van der Waals surface area contributed by atoms with Gasteiger partial charge in [0.2, 0.25) is 0 Å². The molecule has 2 aromatic carbocycles. The van der Waals surface area contributed by atoms with Crippen LogP contribution in [0.5, 0.6) is 5.75 Å². The van der Waals surface area contributed by atoms with Crippen molar-refractivity contribution in [3.05, 3.63) is 59.4 Å². The predicted molar refractivity (Wildman–Crippen MR) is 106 cm³/mol. The van der Waals surface area contributed by atoms with Gasteiger partial charge in [0.15, 0.2) is 0 Å². The second kappa shape index (κ2) is 6.41. The Labute approximate surface area is 159 Å². The minimum atomic E-state index is 0. The number of aromatic nitrogens is 2. The lowest BCUT2D eigenvalue weighted by Gasteiger charge is -2.45. The number of amides is 1. The maximum Gasteiger partial charge on any atom is 0.254 e. The monoisotopic (exact) mass is 363 g/mol. The molecule has 2 heterocycles. The molecule has 5 heteroatoms. The van der Waals surface area contributed by atoms with Crippen LogP contribution in [0.3, 0.4) is 0 Å². The molecule has 0 radical (unpaired) electrons. The lowest BCUT2D eigenvalue weighted by Crippen LogP contribution is -2.49. The average Bonchev–Trinajstić information content (AvgIpc) is 3.20. The van der Waals surface area contributed by atoms with Crippen molar-refractivity contribution >= 4 is 16.9 Å². The number of nitrogens with zero attached hydrogens (tertiary/aromatic N) is 2. The van der Waals surface area contributed by atoms with Gasteiger partial charge in [-0.1, -0.05) is 6.07 Å². The fourth-order valence-electron chi connectivity index (χ4n) is 4.84. The molecule has 0 spiro atoms. The fraction of sp³-hybridized carbons (Fsp3) is 0.364. The lowest BCUT2D eigenvalue weighted by molar-refractivity contribution is 0.0547. The fourth-order valence-corrected chi connectivity index (χ4v) is 4.84. The number of H-pyrrole nitrogens is 1. The molecule has 1 aliphatic heterocycles. The van der Waals surface area contributed by atoms with Gasteiger partial charge in [0.25, 0.3) is 5.91 Å². The van der Waals surface area contributed by atoms with E-state index in [-0.39, 0.29) is 13.4 Å². The van der Waals surface area contributed by atoms with E-state index in [1.54, 1.807) is 13.4 Å². The van der Waals surface area contributed by atoms with E-state index in [1.807, 2.05) is 24.3 Å². The van der Waals surface area contributed by atoms with E-state index >= 15 is 0 Å². The van der Waals surface area contributed by atoms with Gasteiger partial charge in [-0.25, -0.2) is 4.98 Å². The van der Waals surface area contributed by atoms with Crippen molar-refractivity contribution in [3.63, 3.8) is 0 Å². The maximum atomic E-state index is 13.3. The second-order valence-electron chi connectivity index (χ2n) is 7.55. The molecule has 2 unspecified atom stereocenters. The van der Waals surface area contributed by atoms with Crippen molar-refractivity contribution in [2.45, 2.75) is 37.6 Å². The summed E-state index contributed by atoms with van der Waals surface area (Å²) in [6, 6.07) is 12.4. The Morgan fingerprint density at radius 3 is 3.07 bits per heavy atom. The van der Waals surface area contributed by atoms with Crippen LogP contribution in [0.4, 0.5) is 0 Å². The van der Waals surface area contributed by atoms with Gasteiger partial charge in [-0.15, -0.1) is 0 Å². The number of fused-ring (bicyclic) bond motifs is 4. The molecular formula is C22H25N3O2. The van der Waals surface area contributed by atoms with E-state index in [4.69, 9.17) is 4.74 Å². The van der Waals surface area contributed by atoms with Crippen LogP contribution in [0.2, 0.25) is 0 Å². The lowest BCUT2D eigenvalue weighted by atomic mass is 9.74. The minimum absolute atomic E-state index is 0. The van der Waals surface area contributed by atoms with E-state index < -0.39 is 0 Å². The van der Waals surface area contributed by atoms with Crippen molar-refractivity contribution in [2.24, 2.45) is 0 Å². The number of rotatable bonds is 2. The van der Waals surface area contributed by atoms with Gasteiger partial charge in [0.05, 0.1) is 24.5 Å². The maximum absolute atomic E-state index is 13.3. The normalized spacial score (nSPS) is 21.6. The number of likely N-dealkylation sites (tertiary alicyclic amines) is 1. The quantitative estimate of drug-likeness (QED) is 0.744. The van der Waals surface area contributed by atoms with Crippen LogP contribution in [0, 0.1) is 0 Å². The molecule has 1 fully saturated rings. The van der Waals surface area contributed by atoms with Crippen molar-refractivity contribution in [1.82, 2.24) is 14.9 Å². The largest absolute Gasteiger partial charge is 0.497 e. The van der Waals surface area contributed by atoms with Gasteiger partial charge < -0.3 is 14.6 Å². The molecule has 5 nitrogen and oxygen atoms in total. The van der Waals surface area contributed by atoms with Crippen LogP contribution in [-0.4, -0.2) is 40.5 Å². The summed E-state index contributed by atoms with van der Waals surface area (Å²) in [5.74, 6) is 1.44. The summed E-state index contributed by atoms with van der Waals surface area (Å²) in [5.41, 5.74) is 5.32. The SMILES string of the molecule is COc1ccc2c(c1)C1CCCN(C(=O)c3ccc4nc[nH]c4c3)C1CC2.[HH]. The molecule has 1 aliphatic carbocycles. The number of benzene rings is 2. The van der Waals surface area contributed by atoms with Gasteiger partial charge in [-0.05, 0) is 67.1 Å². The number of ether oxygens (including phenoxy) is 1. The Morgan fingerprint density at radius 1 is 1.26 bits per heavy atom. The first-order chi connectivity index (χ1) is 13.2. The highest BCUT2D eigenvalue weighted by atomic mass is 16.5. The summed E-state index contributed by atoms with van der Waals surface area (Å²) >= 11 is 0. The number of methoxy groups -OCH3 is 1. The first-order valence-corrected chi connectivity index (χ1v) is 9.65. The highest BCUT2D eigenvalue weighted by Gasteiger charge is 2.38. The number of piperidine rings is 1. The first-order valence-electron chi connectivity index (χ1n) is 9.65. The molecule has 1 N–H and O–H groups in total. The van der Waals surface area contributed by atoms with Crippen molar-refractivity contribution in [2.75, 3.05) is 13.7 Å². The summed E-state index contributed by atoms with van der Waals surface area (Å²) in [7, 11) is 1.71. The molecule has 0 bridgehead atoms. The van der Waals surface area contributed by atoms with E-state index in [9.17, 15) is 4.79 Å². The molecule has 1 amide bonds. The summed E-state index contributed by atoms with van der Waals surface area (Å²) in [4.78, 5) is 22.8. The third kappa shape index (κ3) is 2.69. The topological polar surface area (TPSA) is 58.2 Å². The van der Waals surface area contributed by atoms with Crippen LogP contribution < -0.4 is 4.74 Å². The van der Waals surface area contributed by atoms with E-state index in [1.165, 1.54) is 11.1 Å². The van der Waals surface area contributed by atoms with Gasteiger partial charge >= 0.3 is 0 Å². The molecule has 2 aliphatic rings. The zero-order valence-electron chi connectivity index (χ0n) is 15.4. The van der Waals surface area contributed by atoms with Gasteiger partial charge in [-0.3, -0.25) is 4.79 Å². The second-order valence-corrected chi connectivity index (χ2v) is 7.55. The first kappa shape index (κ1) is 16.4. The Morgan fingerprint density at radius 2 is 2.19 bits per heavy atom. The Balaban J connectivity index is 0.00000192. The highest BCUT2D eigenvalue weighted by molar-refractivity contribution is 5.97. The smallest absolute Gasteiger partial charge is 0.254 e. The standard InChI is InChI=1S/C22H23N3O2.H2/c1-27-16-7-4-14-6-9-21-17(18(14)12-16)3-2-10-25(21)22(26)15-5-8-19-20(11-15)24-13-23-19;/h4-5,7-8,11-13,17,21H,2-3,6,9-10H2,1H3,(H,23,24);1H. The van der Waals surface area contributed by atoms with Crippen molar-refractivity contribution in [3.8, 4) is 5.75 Å². The third-order valence-corrected chi connectivity index (χ3v) is 6.17. The van der Waals surface area contributed by atoms with Crippen LogP contribution in [-0.2, 0) is 6.42 Å².